The zero-order valence-corrected chi connectivity index (χ0v) is 9.64. The SMILES string of the molecule is CCCCCC(C)(O)CCN(C)C. The van der Waals surface area contributed by atoms with Gasteiger partial charge < -0.3 is 10.0 Å². The van der Waals surface area contributed by atoms with Crippen molar-refractivity contribution < 1.29 is 5.11 Å². The van der Waals surface area contributed by atoms with Crippen molar-refractivity contribution in [2.45, 2.75) is 51.6 Å². The lowest BCUT2D eigenvalue weighted by atomic mass is 9.95. The summed E-state index contributed by atoms with van der Waals surface area (Å²) in [5, 5.41) is 9.96. The van der Waals surface area contributed by atoms with Crippen LogP contribution in [0.4, 0.5) is 0 Å². The average molecular weight is 187 g/mol. The normalized spacial score (nSPS) is 16.2. The maximum absolute atomic E-state index is 9.96. The van der Waals surface area contributed by atoms with E-state index in [9.17, 15) is 5.11 Å². The van der Waals surface area contributed by atoms with E-state index >= 15 is 0 Å². The lowest BCUT2D eigenvalue weighted by molar-refractivity contribution is 0.0329. The summed E-state index contributed by atoms with van der Waals surface area (Å²) in [4.78, 5) is 2.12. The van der Waals surface area contributed by atoms with Crippen LogP contribution in [0.15, 0.2) is 0 Å². The second-order valence-corrected chi connectivity index (χ2v) is 4.51. The second-order valence-electron chi connectivity index (χ2n) is 4.51. The molecule has 0 bridgehead atoms. The van der Waals surface area contributed by atoms with E-state index in [2.05, 4.69) is 11.8 Å². The predicted octanol–water partition coefficient (Wildman–Crippen LogP) is 2.27. The summed E-state index contributed by atoms with van der Waals surface area (Å²) in [6.45, 7) is 5.11. The Morgan fingerprint density at radius 3 is 2.23 bits per heavy atom. The van der Waals surface area contributed by atoms with Gasteiger partial charge in [-0.25, -0.2) is 0 Å². The Hall–Kier alpha value is -0.0800. The highest BCUT2D eigenvalue weighted by Crippen LogP contribution is 2.18. The molecule has 1 N–H and O–H groups in total. The van der Waals surface area contributed by atoms with Crippen LogP contribution < -0.4 is 0 Å². The van der Waals surface area contributed by atoms with Crippen LogP contribution in [0.5, 0.6) is 0 Å². The molecule has 0 aliphatic rings. The molecule has 2 nitrogen and oxygen atoms in total. The molecule has 0 aliphatic heterocycles. The minimum atomic E-state index is -0.459. The maximum Gasteiger partial charge on any atom is 0.0632 e. The smallest absolute Gasteiger partial charge is 0.0632 e. The minimum Gasteiger partial charge on any atom is -0.390 e. The average Bonchev–Trinajstić information content (AvgIpc) is 2.02. The van der Waals surface area contributed by atoms with Gasteiger partial charge >= 0.3 is 0 Å². The van der Waals surface area contributed by atoms with Gasteiger partial charge in [-0.1, -0.05) is 26.2 Å². The number of nitrogens with zero attached hydrogens (tertiary/aromatic N) is 1. The molecule has 0 fully saturated rings. The molecular weight excluding hydrogens is 162 g/mol. The zero-order valence-electron chi connectivity index (χ0n) is 9.64. The highest BCUT2D eigenvalue weighted by atomic mass is 16.3. The molecule has 0 spiro atoms. The summed E-state index contributed by atoms with van der Waals surface area (Å²) >= 11 is 0. The van der Waals surface area contributed by atoms with E-state index in [0.29, 0.717) is 0 Å². The molecule has 13 heavy (non-hydrogen) atoms. The van der Waals surface area contributed by atoms with E-state index in [-0.39, 0.29) is 0 Å². The minimum absolute atomic E-state index is 0.459. The molecule has 80 valence electrons. The highest BCUT2D eigenvalue weighted by Gasteiger charge is 2.19. The molecule has 2 heteroatoms. The molecule has 0 rings (SSSR count). The number of aliphatic hydroxyl groups is 1. The van der Waals surface area contributed by atoms with Crippen LogP contribution in [0.3, 0.4) is 0 Å². The summed E-state index contributed by atoms with van der Waals surface area (Å²) in [6, 6.07) is 0. The molecule has 0 aromatic rings. The molecule has 0 amide bonds. The van der Waals surface area contributed by atoms with Gasteiger partial charge in [0.15, 0.2) is 0 Å². The molecule has 1 atom stereocenters. The van der Waals surface area contributed by atoms with Gasteiger partial charge in [0.25, 0.3) is 0 Å². The largest absolute Gasteiger partial charge is 0.390 e. The fourth-order valence-corrected chi connectivity index (χ4v) is 1.35. The number of rotatable bonds is 7. The molecule has 0 radical (unpaired) electrons. The molecule has 0 aromatic heterocycles. The van der Waals surface area contributed by atoms with Gasteiger partial charge in [0.2, 0.25) is 0 Å². The number of hydrogen-bond donors (Lipinski definition) is 1. The fraction of sp³-hybridized carbons (Fsp3) is 1.00. The summed E-state index contributed by atoms with van der Waals surface area (Å²) in [6.07, 6.45) is 5.43. The van der Waals surface area contributed by atoms with Crippen molar-refractivity contribution in [3.63, 3.8) is 0 Å². The topological polar surface area (TPSA) is 23.5 Å². The third-order valence-electron chi connectivity index (χ3n) is 2.42. The summed E-state index contributed by atoms with van der Waals surface area (Å²) < 4.78 is 0. The van der Waals surface area contributed by atoms with Crippen molar-refractivity contribution in [3.8, 4) is 0 Å². The monoisotopic (exact) mass is 187 g/mol. The summed E-state index contributed by atoms with van der Waals surface area (Å²) in [5.41, 5.74) is -0.459. The van der Waals surface area contributed by atoms with Crippen molar-refractivity contribution in [2.24, 2.45) is 0 Å². The van der Waals surface area contributed by atoms with Gasteiger partial charge in [-0.3, -0.25) is 0 Å². The van der Waals surface area contributed by atoms with Crippen molar-refractivity contribution in [3.05, 3.63) is 0 Å². The lowest BCUT2D eigenvalue weighted by Gasteiger charge is -2.24. The van der Waals surface area contributed by atoms with Gasteiger partial charge in [0, 0.05) is 6.54 Å². The molecule has 0 aliphatic carbocycles. The number of hydrogen-bond acceptors (Lipinski definition) is 2. The fourth-order valence-electron chi connectivity index (χ4n) is 1.35. The predicted molar refractivity (Wildman–Crippen MR) is 57.9 cm³/mol. The standard InChI is InChI=1S/C11H25NO/c1-5-6-7-8-11(2,13)9-10-12(3)4/h13H,5-10H2,1-4H3. The van der Waals surface area contributed by atoms with E-state index in [1.807, 2.05) is 21.0 Å². The Morgan fingerprint density at radius 1 is 1.15 bits per heavy atom. The van der Waals surface area contributed by atoms with Crippen LogP contribution in [-0.4, -0.2) is 36.2 Å². The quantitative estimate of drug-likeness (QED) is 0.618. The van der Waals surface area contributed by atoms with E-state index in [4.69, 9.17) is 0 Å². The second kappa shape index (κ2) is 6.39. The van der Waals surface area contributed by atoms with Gasteiger partial charge in [0.05, 0.1) is 5.60 Å². The molecular formula is C11H25NO. The Labute approximate surface area is 82.9 Å². The van der Waals surface area contributed by atoms with Gasteiger partial charge in [0.1, 0.15) is 0 Å². The Kier molecular flexibility index (Phi) is 6.35. The van der Waals surface area contributed by atoms with Crippen molar-refractivity contribution >= 4 is 0 Å². The molecule has 0 saturated heterocycles. The van der Waals surface area contributed by atoms with Crippen LogP contribution in [0.25, 0.3) is 0 Å². The Morgan fingerprint density at radius 2 is 1.77 bits per heavy atom. The Balaban J connectivity index is 3.54. The van der Waals surface area contributed by atoms with Crippen LogP contribution in [0.1, 0.15) is 46.0 Å². The van der Waals surface area contributed by atoms with E-state index in [1.165, 1.54) is 12.8 Å². The third-order valence-corrected chi connectivity index (χ3v) is 2.42. The van der Waals surface area contributed by atoms with Gasteiger partial charge in [-0.15, -0.1) is 0 Å². The summed E-state index contributed by atoms with van der Waals surface area (Å²) in [7, 11) is 4.09. The Bertz CT molecular complexity index is 121. The molecule has 0 saturated carbocycles. The van der Waals surface area contributed by atoms with Crippen molar-refractivity contribution in [1.29, 1.82) is 0 Å². The van der Waals surface area contributed by atoms with Crippen LogP contribution in [-0.2, 0) is 0 Å². The van der Waals surface area contributed by atoms with E-state index in [1.54, 1.807) is 0 Å². The molecule has 1 unspecified atom stereocenters. The zero-order chi connectivity index (χ0) is 10.3. The lowest BCUT2D eigenvalue weighted by Crippen LogP contribution is -2.29. The highest BCUT2D eigenvalue weighted by molar-refractivity contribution is 4.73. The van der Waals surface area contributed by atoms with Crippen LogP contribution in [0.2, 0.25) is 0 Å². The first-order chi connectivity index (χ1) is 5.98. The van der Waals surface area contributed by atoms with Crippen molar-refractivity contribution in [1.82, 2.24) is 4.90 Å². The van der Waals surface area contributed by atoms with Crippen molar-refractivity contribution in [2.75, 3.05) is 20.6 Å². The maximum atomic E-state index is 9.96. The van der Waals surface area contributed by atoms with Crippen LogP contribution >= 0.6 is 0 Å². The molecule has 0 aromatic carbocycles. The number of unbranched alkanes of at least 4 members (excludes halogenated alkanes) is 2. The first-order valence-electron chi connectivity index (χ1n) is 5.35. The molecule has 0 heterocycles. The first kappa shape index (κ1) is 12.9. The van der Waals surface area contributed by atoms with Gasteiger partial charge in [-0.2, -0.15) is 0 Å². The van der Waals surface area contributed by atoms with Crippen LogP contribution in [0, 0.1) is 0 Å². The van der Waals surface area contributed by atoms with E-state index in [0.717, 1.165) is 25.8 Å². The van der Waals surface area contributed by atoms with E-state index < -0.39 is 5.60 Å². The first-order valence-corrected chi connectivity index (χ1v) is 5.35. The summed E-state index contributed by atoms with van der Waals surface area (Å²) in [5.74, 6) is 0. The third kappa shape index (κ3) is 8.26. The van der Waals surface area contributed by atoms with Gasteiger partial charge in [-0.05, 0) is 33.9 Å².